The predicted molar refractivity (Wildman–Crippen MR) is 104 cm³/mol. The van der Waals surface area contributed by atoms with Crippen LogP contribution in [0.15, 0.2) is 30.3 Å². The van der Waals surface area contributed by atoms with Gasteiger partial charge in [0.05, 0.1) is 17.1 Å². The Kier molecular flexibility index (Phi) is 4.86. The Balaban J connectivity index is 1.93. The van der Waals surface area contributed by atoms with E-state index in [0.717, 1.165) is 21.5 Å². The van der Waals surface area contributed by atoms with Gasteiger partial charge >= 0.3 is 0 Å². The number of aryl methyl sites for hydroxylation is 1. The number of nitrogens with zero attached hydrogens (tertiary/aromatic N) is 2. The van der Waals surface area contributed by atoms with Gasteiger partial charge in [-0.2, -0.15) is 5.10 Å². The molecule has 3 N–H and O–H groups in total. The Bertz CT molecular complexity index is 928. The molecule has 0 saturated carbocycles. The lowest BCUT2D eigenvalue weighted by Gasteiger charge is -2.23. The first-order chi connectivity index (χ1) is 11.8. The summed E-state index contributed by atoms with van der Waals surface area (Å²) in [5.74, 6) is -0.111. The van der Waals surface area contributed by atoms with Crippen LogP contribution < -0.4 is 11.1 Å². The van der Waals surface area contributed by atoms with Gasteiger partial charge in [0.15, 0.2) is 0 Å². The minimum absolute atomic E-state index is 0.111. The molecule has 5 nitrogen and oxygen atoms in total. The van der Waals surface area contributed by atoms with E-state index in [0.29, 0.717) is 23.0 Å². The number of nitrogens with one attached hydrogen (secondary N) is 1. The molecule has 0 unspecified atom stereocenters. The Labute approximate surface area is 155 Å². The van der Waals surface area contributed by atoms with Gasteiger partial charge in [-0.1, -0.05) is 29.8 Å². The Morgan fingerprint density at radius 2 is 2.12 bits per heavy atom. The van der Waals surface area contributed by atoms with Crippen LogP contribution in [0.5, 0.6) is 0 Å². The molecule has 0 aliphatic rings. The number of halogens is 1. The second kappa shape index (κ2) is 6.78. The van der Waals surface area contributed by atoms with Crippen molar-refractivity contribution in [3.05, 3.63) is 51.5 Å². The van der Waals surface area contributed by atoms with Crippen molar-refractivity contribution in [1.29, 1.82) is 0 Å². The van der Waals surface area contributed by atoms with Crippen molar-refractivity contribution in [3.63, 3.8) is 0 Å². The molecular formula is C18H21ClN4OS. The van der Waals surface area contributed by atoms with E-state index < -0.39 is 5.54 Å². The summed E-state index contributed by atoms with van der Waals surface area (Å²) in [6.45, 7) is 6.71. The van der Waals surface area contributed by atoms with Gasteiger partial charge in [-0.3, -0.25) is 9.48 Å². The number of rotatable bonds is 5. The van der Waals surface area contributed by atoms with Crippen LogP contribution in [0.2, 0.25) is 5.02 Å². The van der Waals surface area contributed by atoms with E-state index in [1.54, 1.807) is 0 Å². The smallest absolute Gasteiger partial charge is 0.261 e. The molecule has 1 amide bonds. The first-order valence-electron chi connectivity index (χ1n) is 8.03. The van der Waals surface area contributed by atoms with Crippen LogP contribution in [-0.2, 0) is 6.54 Å². The molecule has 0 fully saturated rings. The average molecular weight is 377 g/mol. The number of hydrogen-bond donors (Lipinski definition) is 2. The van der Waals surface area contributed by atoms with Crippen molar-refractivity contribution in [1.82, 2.24) is 15.1 Å². The fourth-order valence-corrected chi connectivity index (χ4v) is 3.79. The van der Waals surface area contributed by atoms with Gasteiger partial charge in [0.1, 0.15) is 4.83 Å². The molecule has 132 valence electrons. The summed E-state index contributed by atoms with van der Waals surface area (Å²) >= 11 is 7.70. The molecule has 0 atom stereocenters. The molecule has 2 aromatic heterocycles. The van der Waals surface area contributed by atoms with Crippen LogP contribution in [0, 0.1) is 6.92 Å². The normalized spacial score (nSPS) is 11.9. The molecule has 0 radical (unpaired) electrons. The number of fused-ring (bicyclic) bond motifs is 1. The highest BCUT2D eigenvalue weighted by molar-refractivity contribution is 7.20. The molecular weight excluding hydrogens is 356 g/mol. The molecule has 1 aromatic carbocycles. The zero-order valence-electron chi connectivity index (χ0n) is 14.5. The van der Waals surface area contributed by atoms with E-state index in [2.05, 4.69) is 10.4 Å². The van der Waals surface area contributed by atoms with Crippen molar-refractivity contribution in [2.24, 2.45) is 5.73 Å². The second-order valence-corrected chi connectivity index (χ2v) is 8.14. The quantitative estimate of drug-likeness (QED) is 0.714. The number of carbonyl (C=O) groups excluding carboxylic acids is 1. The summed E-state index contributed by atoms with van der Waals surface area (Å²) in [5.41, 5.74) is 7.16. The minimum Gasteiger partial charge on any atom is -0.345 e. The van der Waals surface area contributed by atoms with Crippen LogP contribution in [0.1, 0.15) is 34.8 Å². The third-order valence-electron chi connectivity index (χ3n) is 4.07. The lowest BCUT2D eigenvalue weighted by molar-refractivity contribution is 0.0920. The Morgan fingerprint density at radius 1 is 1.40 bits per heavy atom. The molecule has 0 spiro atoms. The van der Waals surface area contributed by atoms with Crippen molar-refractivity contribution in [2.75, 3.05) is 6.54 Å². The van der Waals surface area contributed by atoms with Crippen molar-refractivity contribution >= 4 is 39.1 Å². The summed E-state index contributed by atoms with van der Waals surface area (Å²) < 4.78 is 1.90. The lowest BCUT2D eigenvalue weighted by Crippen LogP contribution is -2.48. The summed E-state index contributed by atoms with van der Waals surface area (Å²) in [7, 11) is 0. The number of aromatic nitrogens is 2. The first-order valence-corrected chi connectivity index (χ1v) is 9.23. The highest BCUT2D eigenvalue weighted by Crippen LogP contribution is 2.30. The maximum absolute atomic E-state index is 12.5. The zero-order chi connectivity index (χ0) is 18.2. The second-order valence-electron chi connectivity index (χ2n) is 6.71. The fourth-order valence-electron chi connectivity index (χ4n) is 2.54. The van der Waals surface area contributed by atoms with Crippen LogP contribution in [0.3, 0.4) is 0 Å². The Hall–Kier alpha value is -1.89. The van der Waals surface area contributed by atoms with Crippen LogP contribution in [-0.4, -0.2) is 27.8 Å². The number of hydrogen-bond acceptors (Lipinski definition) is 4. The molecule has 25 heavy (non-hydrogen) atoms. The molecule has 0 aliphatic carbocycles. The lowest BCUT2D eigenvalue weighted by atomic mass is 10.1. The molecule has 3 rings (SSSR count). The maximum Gasteiger partial charge on any atom is 0.261 e. The number of benzene rings is 1. The van der Waals surface area contributed by atoms with Gasteiger partial charge in [0.25, 0.3) is 5.91 Å². The minimum atomic E-state index is -0.439. The van der Waals surface area contributed by atoms with Crippen LogP contribution in [0.25, 0.3) is 10.2 Å². The molecule has 0 aliphatic heterocycles. The average Bonchev–Trinajstić information content (AvgIpc) is 3.11. The summed E-state index contributed by atoms with van der Waals surface area (Å²) in [4.78, 5) is 14.1. The van der Waals surface area contributed by atoms with Crippen LogP contribution >= 0.6 is 22.9 Å². The molecule has 3 aromatic rings. The van der Waals surface area contributed by atoms with Crippen molar-refractivity contribution < 1.29 is 4.79 Å². The van der Waals surface area contributed by atoms with Gasteiger partial charge in [-0.05, 0) is 38.5 Å². The van der Waals surface area contributed by atoms with Gasteiger partial charge in [-0.25, -0.2) is 0 Å². The summed E-state index contributed by atoms with van der Waals surface area (Å²) in [6.07, 6.45) is 0. The standard InChI is InChI=1S/C18H21ClN4OS/c1-11-13-8-15(16(24)21-18(2,3)10-20)25-17(13)23(22-11)9-12-6-4-5-7-14(12)19/h4-8H,9-10,20H2,1-3H3,(H,21,24). The van der Waals surface area contributed by atoms with Gasteiger partial charge in [-0.15, -0.1) is 11.3 Å². The topological polar surface area (TPSA) is 72.9 Å². The van der Waals surface area contributed by atoms with Gasteiger partial charge in [0.2, 0.25) is 0 Å². The van der Waals surface area contributed by atoms with Crippen molar-refractivity contribution in [3.8, 4) is 0 Å². The van der Waals surface area contributed by atoms with E-state index in [-0.39, 0.29) is 5.91 Å². The van der Waals surface area contributed by atoms with E-state index >= 15 is 0 Å². The number of thiophene rings is 1. The molecule has 2 heterocycles. The summed E-state index contributed by atoms with van der Waals surface area (Å²) in [6, 6.07) is 9.61. The predicted octanol–water partition coefficient (Wildman–Crippen LogP) is 3.58. The summed E-state index contributed by atoms with van der Waals surface area (Å²) in [5, 5.41) is 9.26. The highest BCUT2D eigenvalue weighted by Gasteiger charge is 2.22. The highest BCUT2D eigenvalue weighted by atomic mass is 35.5. The largest absolute Gasteiger partial charge is 0.345 e. The fraction of sp³-hybridized carbons (Fsp3) is 0.333. The van der Waals surface area contributed by atoms with E-state index in [1.807, 2.05) is 55.8 Å². The number of carbonyl (C=O) groups is 1. The van der Waals surface area contributed by atoms with E-state index in [9.17, 15) is 4.79 Å². The van der Waals surface area contributed by atoms with Gasteiger partial charge < -0.3 is 11.1 Å². The monoisotopic (exact) mass is 376 g/mol. The van der Waals surface area contributed by atoms with E-state index in [1.165, 1.54) is 11.3 Å². The Morgan fingerprint density at radius 3 is 2.80 bits per heavy atom. The third-order valence-corrected chi connectivity index (χ3v) is 5.59. The number of amides is 1. The molecule has 0 bridgehead atoms. The third kappa shape index (κ3) is 3.71. The first kappa shape index (κ1) is 17.9. The molecule has 0 saturated heterocycles. The SMILES string of the molecule is Cc1nn(Cc2ccccc2Cl)c2sc(C(=O)NC(C)(C)CN)cc12. The number of nitrogens with two attached hydrogens (primary N) is 1. The van der Waals surface area contributed by atoms with Crippen molar-refractivity contribution in [2.45, 2.75) is 32.9 Å². The zero-order valence-corrected chi connectivity index (χ0v) is 16.0. The van der Waals surface area contributed by atoms with Crippen LogP contribution in [0.4, 0.5) is 0 Å². The van der Waals surface area contributed by atoms with Gasteiger partial charge in [0, 0.05) is 22.5 Å². The van der Waals surface area contributed by atoms with E-state index in [4.69, 9.17) is 17.3 Å². The molecule has 7 heteroatoms. The maximum atomic E-state index is 12.5.